The maximum Gasteiger partial charge on any atom is 0.178 e. The molecule has 2 unspecified atom stereocenters. The molecule has 0 aromatic heterocycles. The Balaban J connectivity index is 2.12. The molecule has 2 aliphatic rings. The summed E-state index contributed by atoms with van der Waals surface area (Å²) in [6.07, 6.45) is 1.42. The Bertz CT molecular complexity index is 628. The van der Waals surface area contributed by atoms with E-state index in [9.17, 15) is 8.42 Å². The van der Waals surface area contributed by atoms with Crippen LogP contribution in [0.5, 0.6) is 0 Å². The largest absolute Gasteiger partial charge is 0.361 e. The van der Waals surface area contributed by atoms with Gasteiger partial charge in [0.25, 0.3) is 0 Å². The summed E-state index contributed by atoms with van der Waals surface area (Å²) < 4.78 is 31.0. The normalized spacial score (nSPS) is 35.7. The van der Waals surface area contributed by atoms with Crippen molar-refractivity contribution < 1.29 is 13.2 Å². The van der Waals surface area contributed by atoms with Gasteiger partial charge in [0.05, 0.1) is 16.2 Å². The number of hydrogen-bond donors (Lipinski definition) is 1. The average Bonchev–Trinajstić information content (AvgIpc) is 2.45. The smallest absolute Gasteiger partial charge is 0.178 e. The molecule has 1 N–H and O–H groups in total. The van der Waals surface area contributed by atoms with Gasteiger partial charge < -0.3 is 10.1 Å². The fourth-order valence-electron chi connectivity index (χ4n) is 3.22. The van der Waals surface area contributed by atoms with Crippen molar-refractivity contribution in [3.63, 3.8) is 0 Å². The number of sulfone groups is 1. The molecule has 0 bridgehead atoms. The number of nitrogens with one attached hydrogen (secondary N) is 1. The van der Waals surface area contributed by atoms with Crippen LogP contribution in [0, 0.1) is 0 Å². The fraction of sp³-hybridized carbons (Fsp3) is 0.600. The molecule has 0 aliphatic carbocycles. The first kappa shape index (κ1) is 14.0. The summed E-state index contributed by atoms with van der Waals surface area (Å²) >= 11 is 0. The van der Waals surface area contributed by atoms with E-state index in [4.69, 9.17) is 4.74 Å². The van der Waals surface area contributed by atoms with Crippen molar-refractivity contribution in [3.8, 4) is 0 Å². The first-order valence-electron chi connectivity index (χ1n) is 7.14. The topological polar surface area (TPSA) is 55.4 Å². The van der Waals surface area contributed by atoms with Gasteiger partial charge in [-0.25, -0.2) is 8.42 Å². The van der Waals surface area contributed by atoms with Crippen molar-refractivity contribution in [2.45, 2.75) is 42.8 Å². The summed E-state index contributed by atoms with van der Waals surface area (Å²) in [6, 6.07) is 7.27. The zero-order valence-electron chi connectivity index (χ0n) is 12.0. The van der Waals surface area contributed by atoms with Crippen LogP contribution in [0.2, 0.25) is 0 Å². The second-order valence-electron chi connectivity index (χ2n) is 6.07. The third-order valence-electron chi connectivity index (χ3n) is 4.59. The van der Waals surface area contributed by atoms with Gasteiger partial charge in [0.1, 0.15) is 5.60 Å². The van der Waals surface area contributed by atoms with E-state index in [1.165, 1.54) is 0 Å². The molecule has 0 amide bonds. The van der Waals surface area contributed by atoms with Crippen molar-refractivity contribution >= 4 is 9.84 Å². The van der Waals surface area contributed by atoms with Crippen LogP contribution >= 0.6 is 0 Å². The molecule has 1 fully saturated rings. The Kier molecular flexibility index (Phi) is 3.19. The molecule has 1 spiro atoms. The van der Waals surface area contributed by atoms with E-state index >= 15 is 0 Å². The summed E-state index contributed by atoms with van der Waals surface area (Å²) in [5.74, 6) is 0.158. The highest BCUT2D eigenvalue weighted by Gasteiger charge is 2.48. The van der Waals surface area contributed by atoms with E-state index < -0.39 is 15.4 Å². The molecule has 2 aliphatic heterocycles. The molecule has 3 rings (SSSR count). The average molecular weight is 295 g/mol. The molecule has 5 heteroatoms. The number of hydrogen-bond acceptors (Lipinski definition) is 4. The molecule has 1 aromatic rings. The van der Waals surface area contributed by atoms with Gasteiger partial charge in [-0.3, -0.25) is 0 Å². The summed E-state index contributed by atoms with van der Waals surface area (Å²) in [7, 11) is -3.17. The highest BCUT2D eigenvalue weighted by atomic mass is 32.2. The first-order valence-corrected chi connectivity index (χ1v) is 8.79. The fourth-order valence-corrected chi connectivity index (χ4v) is 4.91. The molecule has 110 valence electrons. The summed E-state index contributed by atoms with van der Waals surface area (Å²) in [5, 5.41) is 3.44. The molecule has 0 saturated carbocycles. The number of benzene rings is 1. The van der Waals surface area contributed by atoms with E-state index in [0.717, 1.165) is 18.5 Å². The predicted molar refractivity (Wildman–Crippen MR) is 77.4 cm³/mol. The second kappa shape index (κ2) is 4.55. The standard InChI is InChI=1S/C15H21NO3S/c1-3-14(2)10-16-11-15(19-14)8-9-20(17,18)13-7-5-4-6-12(13)15/h4-7,16H,3,8-11H2,1-2H3. The Morgan fingerprint density at radius 2 is 2.05 bits per heavy atom. The van der Waals surface area contributed by atoms with Gasteiger partial charge in [-0.1, -0.05) is 25.1 Å². The number of morpholine rings is 1. The Labute approximate surface area is 120 Å². The third-order valence-corrected chi connectivity index (χ3v) is 6.35. The molecule has 4 nitrogen and oxygen atoms in total. The molecule has 2 heterocycles. The van der Waals surface area contributed by atoms with Crippen LogP contribution < -0.4 is 5.32 Å². The van der Waals surface area contributed by atoms with Gasteiger partial charge in [-0.2, -0.15) is 0 Å². The van der Waals surface area contributed by atoms with Crippen LogP contribution in [0.1, 0.15) is 32.3 Å². The minimum atomic E-state index is -3.17. The molecule has 2 atom stereocenters. The Hall–Kier alpha value is -0.910. The molecular weight excluding hydrogens is 274 g/mol. The molecule has 0 radical (unpaired) electrons. The molecule has 1 saturated heterocycles. The summed E-state index contributed by atoms with van der Waals surface area (Å²) in [6.45, 7) is 5.67. The van der Waals surface area contributed by atoms with Crippen LogP contribution in [0.25, 0.3) is 0 Å². The maximum absolute atomic E-state index is 12.3. The number of fused-ring (bicyclic) bond motifs is 2. The maximum atomic E-state index is 12.3. The molecule has 20 heavy (non-hydrogen) atoms. The second-order valence-corrected chi connectivity index (χ2v) is 8.15. The van der Waals surface area contributed by atoms with Gasteiger partial charge in [0.15, 0.2) is 9.84 Å². The van der Waals surface area contributed by atoms with Crippen molar-refractivity contribution in [2.24, 2.45) is 0 Å². The van der Waals surface area contributed by atoms with E-state index in [-0.39, 0.29) is 11.4 Å². The lowest BCUT2D eigenvalue weighted by Crippen LogP contribution is -2.59. The first-order chi connectivity index (χ1) is 9.41. The lowest BCUT2D eigenvalue weighted by Gasteiger charge is -2.49. The van der Waals surface area contributed by atoms with Crippen LogP contribution in [0.15, 0.2) is 29.2 Å². The molecule has 1 aromatic carbocycles. The summed E-state index contributed by atoms with van der Waals surface area (Å²) in [5.41, 5.74) is 0.0651. The van der Waals surface area contributed by atoms with Crippen molar-refractivity contribution in [2.75, 3.05) is 18.8 Å². The van der Waals surface area contributed by atoms with E-state index in [0.29, 0.717) is 17.9 Å². The zero-order chi connectivity index (χ0) is 14.4. The third kappa shape index (κ3) is 2.08. The quantitative estimate of drug-likeness (QED) is 0.859. The lowest BCUT2D eigenvalue weighted by molar-refractivity contribution is -0.180. The lowest BCUT2D eigenvalue weighted by atomic mass is 9.86. The number of ether oxygens (including phenoxy) is 1. The molecular formula is C15H21NO3S. The van der Waals surface area contributed by atoms with Gasteiger partial charge in [0.2, 0.25) is 0 Å². The van der Waals surface area contributed by atoms with Gasteiger partial charge >= 0.3 is 0 Å². The van der Waals surface area contributed by atoms with Gasteiger partial charge in [-0.05, 0) is 25.8 Å². The van der Waals surface area contributed by atoms with Crippen molar-refractivity contribution in [1.29, 1.82) is 0 Å². The van der Waals surface area contributed by atoms with Crippen molar-refractivity contribution in [3.05, 3.63) is 29.8 Å². The predicted octanol–water partition coefficient (Wildman–Crippen LogP) is 1.85. The number of rotatable bonds is 1. The zero-order valence-corrected chi connectivity index (χ0v) is 12.8. The minimum Gasteiger partial charge on any atom is -0.361 e. The monoisotopic (exact) mass is 295 g/mol. The minimum absolute atomic E-state index is 0.158. The van der Waals surface area contributed by atoms with E-state index in [1.807, 2.05) is 12.1 Å². The van der Waals surface area contributed by atoms with Crippen LogP contribution in [-0.4, -0.2) is 32.9 Å². The van der Waals surface area contributed by atoms with Gasteiger partial charge in [0, 0.05) is 18.7 Å². The highest BCUT2D eigenvalue weighted by Crippen LogP contribution is 2.44. The van der Waals surface area contributed by atoms with Crippen molar-refractivity contribution in [1.82, 2.24) is 5.32 Å². The summed E-state index contributed by atoms with van der Waals surface area (Å²) in [4.78, 5) is 0.438. The van der Waals surface area contributed by atoms with E-state index in [1.54, 1.807) is 12.1 Å². The van der Waals surface area contributed by atoms with E-state index in [2.05, 4.69) is 19.2 Å². The van der Waals surface area contributed by atoms with Crippen LogP contribution in [0.4, 0.5) is 0 Å². The van der Waals surface area contributed by atoms with Crippen LogP contribution in [0.3, 0.4) is 0 Å². The Morgan fingerprint density at radius 1 is 1.30 bits per heavy atom. The Morgan fingerprint density at radius 3 is 2.80 bits per heavy atom. The highest BCUT2D eigenvalue weighted by molar-refractivity contribution is 7.91. The SMILES string of the molecule is CCC1(C)CNCC2(CCS(=O)(=O)c3ccccc32)O1. The van der Waals surface area contributed by atoms with Crippen LogP contribution in [-0.2, 0) is 20.2 Å². The van der Waals surface area contributed by atoms with Gasteiger partial charge in [-0.15, -0.1) is 0 Å².